The lowest BCUT2D eigenvalue weighted by Crippen LogP contribution is -2.21. The number of rotatable bonds is 6. The molecule has 4 rings (SSSR count). The van der Waals surface area contributed by atoms with Crippen molar-refractivity contribution in [2.45, 2.75) is 26.8 Å². The van der Waals surface area contributed by atoms with Gasteiger partial charge in [0.15, 0.2) is 0 Å². The first-order chi connectivity index (χ1) is 15.1. The Labute approximate surface area is 179 Å². The maximum Gasteiger partial charge on any atom is 0.272 e. The quantitative estimate of drug-likeness (QED) is 0.364. The summed E-state index contributed by atoms with van der Waals surface area (Å²) in [6.07, 6.45) is 3.12. The molecule has 2 aromatic heterocycles. The Morgan fingerprint density at radius 3 is 2.61 bits per heavy atom. The van der Waals surface area contributed by atoms with Crippen LogP contribution >= 0.6 is 0 Å². The fourth-order valence-corrected chi connectivity index (χ4v) is 3.66. The van der Waals surface area contributed by atoms with E-state index in [0.29, 0.717) is 11.3 Å². The number of nitrogens with one attached hydrogen (secondary N) is 2. The highest BCUT2D eigenvalue weighted by molar-refractivity contribution is 6.11. The summed E-state index contributed by atoms with van der Waals surface area (Å²) in [6, 6.07) is 17.5. The lowest BCUT2D eigenvalue weighted by molar-refractivity contribution is -0.115. The first-order valence-corrected chi connectivity index (χ1v) is 10.1. The average Bonchev–Trinajstić information content (AvgIpc) is 3.11. The number of para-hydroxylation sites is 1. The first-order valence-electron chi connectivity index (χ1n) is 10.1. The second kappa shape index (κ2) is 8.79. The molecule has 7 heteroatoms. The summed E-state index contributed by atoms with van der Waals surface area (Å²) in [6.45, 7) is 4.69. The molecule has 0 fully saturated rings. The van der Waals surface area contributed by atoms with E-state index in [9.17, 15) is 9.59 Å². The van der Waals surface area contributed by atoms with Gasteiger partial charge in [-0.1, -0.05) is 18.2 Å². The van der Waals surface area contributed by atoms with Crippen LogP contribution in [0.1, 0.15) is 30.6 Å². The van der Waals surface area contributed by atoms with Crippen LogP contribution < -0.4 is 10.7 Å². The first kappa shape index (κ1) is 20.3. The standard InChI is InChI=1S/C24H23N5O2/c1-3-29-21-9-5-4-8-19(21)20-14-18(10-11-22(20)29)26-23(30)13-16(2)27-28-24(31)17-7-6-12-25-15-17/h4-12,14-15H,3,13H2,1-2H3,(H,26,30)(H,28,31)/b27-16+. The van der Waals surface area contributed by atoms with Gasteiger partial charge in [-0.3, -0.25) is 14.6 Å². The Morgan fingerprint density at radius 2 is 1.84 bits per heavy atom. The number of amides is 2. The van der Waals surface area contributed by atoms with E-state index >= 15 is 0 Å². The Hall–Kier alpha value is -4.00. The molecule has 0 unspecified atom stereocenters. The fraction of sp³-hybridized carbons (Fsp3) is 0.167. The Kier molecular flexibility index (Phi) is 5.75. The van der Waals surface area contributed by atoms with Gasteiger partial charge in [-0.25, -0.2) is 5.43 Å². The molecule has 0 aliphatic rings. The van der Waals surface area contributed by atoms with Crippen molar-refractivity contribution < 1.29 is 9.59 Å². The molecule has 0 spiro atoms. The molecule has 4 aromatic rings. The van der Waals surface area contributed by atoms with Gasteiger partial charge in [-0.2, -0.15) is 5.10 Å². The summed E-state index contributed by atoms with van der Waals surface area (Å²) in [7, 11) is 0. The summed E-state index contributed by atoms with van der Waals surface area (Å²) >= 11 is 0. The van der Waals surface area contributed by atoms with E-state index in [1.54, 1.807) is 25.3 Å². The summed E-state index contributed by atoms with van der Waals surface area (Å²) in [5.41, 5.74) is 6.39. The van der Waals surface area contributed by atoms with Gasteiger partial charge in [0.25, 0.3) is 5.91 Å². The van der Waals surface area contributed by atoms with Crippen LogP contribution in [0.3, 0.4) is 0 Å². The average molecular weight is 413 g/mol. The maximum absolute atomic E-state index is 12.5. The van der Waals surface area contributed by atoms with Crippen molar-refractivity contribution in [3.05, 3.63) is 72.6 Å². The van der Waals surface area contributed by atoms with E-state index in [2.05, 4.69) is 44.5 Å². The molecule has 2 N–H and O–H groups in total. The van der Waals surface area contributed by atoms with E-state index in [-0.39, 0.29) is 18.2 Å². The van der Waals surface area contributed by atoms with Crippen LogP contribution in [-0.2, 0) is 11.3 Å². The molecule has 0 radical (unpaired) electrons. The van der Waals surface area contributed by atoms with Crippen LogP contribution in [0.5, 0.6) is 0 Å². The number of hydrogen-bond acceptors (Lipinski definition) is 4. The highest BCUT2D eigenvalue weighted by atomic mass is 16.2. The van der Waals surface area contributed by atoms with Crippen molar-refractivity contribution in [1.82, 2.24) is 15.0 Å². The van der Waals surface area contributed by atoms with Gasteiger partial charge in [0.2, 0.25) is 5.91 Å². The van der Waals surface area contributed by atoms with Crippen LogP contribution in [0, 0.1) is 0 Å². The van der Waals surface area contributed by atoms with Crippen LogP contribution in [0.4, 0.5) is 5.69 Å². The number of carbonyl (C=O) groups is 2. The number of benzene rings is 2. The number of anilines is 1. The zero-order valence-electron chi connectivity index (χ0n) is 17.4. The third-order valence-electron chi connectivity index (χ3n) is 5.06. The lowest BCUT2D eigenvalue weighted by atomic mass is 10.1. The SMILES string of the molecule is CCn1c2ccccc2c2cc(NC(=O)C/C(C)=N/NC(=O)c3cccnc3)ccc21. The molecular weight excluding hydrogens is 390 g/mol. The summed E-state index contributed by atoms with van der Waals surface area (Å²) in [5.74, 6) is -0.568. The second-order valence-electron chi connectivity index (χ2n) is 7.25. The number of hydrazone groups is 1. The van der Waals surface area contributed by atoms with E-state index in [4.69, 9.17) is 0 Å². The molecule has 31 heavy (non-hydrogen) atoms. The minimum atomic E-state index is -0.370. The molecule has 2 heterocycles. The number of pyridine rings is 1. The van der Waals surface area contributed by atoms with Gasteiger partial charge < -0.3 is 9.88 Å². The molecule has 7 nitrogen and oxygen atoms in total. The van der Waals surface area contributed by atoms with Crippen molar-refractivity contribution in [2.24, 2.45) is 5.10 Å². The maximum atomic E-state index is 12.5. The van der Waals surface area contributed by atoms with E-state index in [1.807, 2.05) is 30.3 Å². The zero-order valence-corrected chi connectivity index (χ0v) is 17.4. The predicted molar refractivity (Wildman–Crippen MR) is 123 cm³/mol. The van der Waals surface area contributed by atoms with Gasteiger partial charge in [0.1, 0.15) is 0 Å². The van der Waals surface area contributed by atoms with Crippen molar-refractivity contribution >= 4 is 45.0 Å². The van der Waals surface area contributed by atoms with Crippen molar-refractivity contribution in [2.75, 3.05) is 5.32 Å². The van der Waals surface area contributed by atoms with Crippen LogP contribution in [-0.4, -0.2) is 27.1 Å². The summed E-state index contributed by atoms with van der Waals surface area (Å²) in [5, 5.41) is 9.20. The smallest absolute Gasteiger partial charge is 0.272 e. The minimum Gasteiger partial charge on any atom is -0.341 e. The highest BCUT2D eigenvalue weighted by Crippen LogP contribution is 2.30. The number of carbonyl (C=O) groups excluding carboxylic acids is 2. The lowest BCUT2D eigenvalue weighted by Gasteiger charge is -2.07. The summed E-state index contributed by atoms with van der Waals surface area (Å²) < 4.78 is 2.26. The van der Waals surface area contributed by atoms with Crippen LogP contribution in [0.25, 0.3) is 21.8 Å². The third kappa shape index (κ3) is 4.30. The second-order valence-corrected chi connectivity index (χ2v) is 7.25. The van der Waals surface area contributed by atoms with Crippen molar-refractivity contribution in [3.8, 4) is 0 Å². The van der Waals surface area contributed by atoms with Gasteiger partial charge in [-0.05, 0) is 50.2 Å². The minimum absolute atomic E-state index is 0.0715. The predicted octanol–water partition coefficient (Wildman–Crippen LogP) is 4.34. The number of fused-ring (bicyclic) bond motifs is 3. The van der Waals surface area contributed by atoms with Gasteiger partial charge in [0, 0.05) is 52.1 Å². The zero-order chi connectivity index (χ0) is 21.8. The topological polar surface area (TPSA) is 88.4 Å². The third-order valence-corrected chi connectivity index (χ3v) is 5.06. The Bertz CT molecular complexity index is 1290. The fourth-order valence-electron chi connectivity index (χ4n) is 3.66. The molecule has 2 amide bonds. The van der Waals surface area contributed by atoms with Gasteiger partial charge in [0.05, 0.1) is 12.0 Å². The van der Waals surface area contributed by atoms with Crippen molar-refractivity contribution in [3.63, 3.8) is 0 Å². The monoisotopic (exact) mass is 413 g/mol. The largest absolute Gasteiger partial charge is 0.341 e. The molecule has 0 bridgehead atoms. The number of nitrogens with zero attached hydrogens (tertiary/aromatic N) is 3. The van der Waals surface area contributed by atoms with E-state index in [1.165, 1.54) is 11.7 Å². The highest BCUT2D eigenvalue weighted by Gasteiger charge is 2.11. The molecule has 156 valence electrons. The molecular formula is C24H23N5O2. The Balaban J connectivity index is 1.46. The number of hydrogen-bond donors (Lipinski definition) is 2. The van der Waals surface area contributed by atoms with Crippen molar-refractivity contribution in [1.29, 1.82) is 0 Å². The van der Waals surface area contributed by atoms with Crippen LogP contribution in [0.15, 0.2) is 72.1 Å². The number of aryl methyl sites for hydroxylation is 1. The van der Waals surface area contributed by atoms with Gasteiger partial charge >= 0.3 is 0 Å². The molecule has 0 aliphatic carbocycles. The molecule has 0 atom stereocenters. The Morgan fingerprint density at radius 1 is 1.03 bits per heavy atom. The molecule has 0 saturated heterocycles. The summed E-state index contributed by atoms with van der Waals surface area (Å²) in [4.78, 5) is 28.4. The molecule has 0 saturated carbocycles. The molecule has 0 aliphatic heterocycles. The van der Waals surface area contributed by atoms with Gasteiger partial charge in [-0.15, -0.1) is 0 Å². The van der Waals surface area contributed by atoms with E-state index in [0.717, 1.165) is 28.5 Å². The number of aromatic nitrogens is 2. The molecule has 2 aromatic carbocycles. The normalized spacial score (nSPS) is 11.6. The van der Waals surface area contributed by atoms with E-state index < -0.39 is 0 Å². The van der Waals surface area contributed by atoms with Crippen LogP contribution in [0.2, 0.25) is 0 Å².